The second-order valence-corrected chi connectivity index (χ2v) is 8.65. The first-order valence-electron chi connectivity index (χ1n) is 8.93. The highest BCUT2D eigenvalue weighted by Gasteiger charge is 2.61. The molecule has 130 valence electrons. The van der Waals surface area contributed by atoms with Gasteiger partial charge in [0.05, 0.1) is 11.0 Å². The van der Waals surface area contributed by atoms with Crippen molar-refractivity contribution in [2.75, 3.05) is 6.54 Å². The van der Waals surface area contributed by atoms with E-state index in [-0.39, 0.29) is 11.9 Å². The van der Waals surface area contributed by atoms with Crippen molar-refractivity contribution in [2.24, 2.45) is 23.2 Å². The largest absolute Gasteiger partial charge is 0.452 e. The fourth-order valence-corrected chi connectivity index (χ4v) is 5.24. The van der Waals surface area contributed by atoms with Gasteiger partial charge in [-0.25, -0.2) is 0 Å². The molecule has 4 bridgehead atoms. The lowest BCUT2D eigenvalue weighted by Gasteiger charge is -2.58. The Morgan fingerprint density at radius 2 is 1.78 bits per heavy atom. The predicted octanol–water partition coefficient (Wildman–Crippen LogP) is 2.02. The quantitative estimate of drug-likeness (QED) is 0.759. The van der Waals surface area contributed by atoms with E-state index in [4.69, 9.17) is 4.74 Å². The van der Waals surface area contributed by atoms with E-state index in [1.807, 2.05) is 13.8 Å². The maximum absolute atomic E-state index is 12.8. The predicted molar refractivity (Wildman–Crippen MR) is 85.5 cm³/mol. The molecule has 0 spiro atoms. The van der Waals surface area contributed by atoms with Crippen LogP contribution in [-0.4, -0.2) is 35.2 Å². The van der Waals surface area contributed by atoms with Crippen molar-refractivity contribution in [1.82, 2.24) is 5.32 Å². The van der Waals surface area contributed by atoms with E-state index in [0.717, 1.165) is 32.1 Å². The molecule has 0 heterocycles. The third kappa shape index (κ3) is 3.25. The van der Waals surface area contributed by atoms with Crippen molar-refractivity contribution in [3.8, 4) is 0 Å². The molecular weight excluding hydrogens is 294 g/mol. The van der Waals surface area contributed by atoms with Crippen molar-refractivity contribution in [1.29, 1.82) is 0 Å². The molecule has 2 unspecified atom stereocenters. The zero-order valence-electron chi connectivity index (χ0n) is 14.4. The molecular formula is C18H29NO4. The maximum Gasteiger partial charge on any atom is 0.312 e. The van der Waals surface area contributed by atoms with Gasteiger partial charge in [0.2, 0.25) is 0 Å². The summed E-state index contributed by atoms with van der Waals surface area (Å²) in [6.07, 6.45) is 4.12. The minimum Gasteiger partial charge on any atom is -0.452 e. The first-order chi connectivity index (χ1) is 10.7. The third-order valence-corrected chi connectivity index (χ3v) is 5.80. The molecule has 5 atom stereocenters. The number of aliphatic hydroxyl groups is 1. The summed E-state index contributed by atoms with van der Waals surface area (Å²) in [5.41, 5.74) is -1.25. The molecule has 4 saturated carbocycles. The first-order valence-corrected chi connectivity index (χ1v) is 8.93. The number of hydrogen-bond acceptors (Lipinski definition) is 4. The second kappa shape index (κ2) is 5.76. The number of carbonyl (C=O) groups is 2. The molecule has 0 radical (unpaired) electrons. The molecule has 4 rings (SSSR count). The van der Waals surface area contributed by atoms with Crippen LogP contribution < -0.4 is 5.32 Å². The van der Waals surface area contributed by atoms with Crippen LogP contribution in [0.5, 0.6) is 0 Å². The third-order valence-electron chi connectivity index (χ3n) is 5.80. The Hall–Kier alpha value is -1.10. The van der Waals surface area contributed by atoms with Gasteiger partial charge in [-0.05, 0) is 63.2 Å². The molecule has 23 heavy (non-hydrogen) atoms. The Morgan fingerprint density at radius 1 is 1.17 bits per heavy atom. The minimum absolute atomic E-state index is 0.240. The molecule has 0 aromatic rings. The van der Waals surface area contributed by atoms with Crippen molar-refractivity contribution in [3.63, 3.8) is 0 Å². The number of carbonyl (C=O) groups excluding carboxylic acids is 2. The molecule has 4 aliphatic rings. The standard InChI is InChI=1S/C18H29NO4/c1-11(2)9-19-15(20)12(3)23-16(21)17-5-13-4-14(6-17)8-18(22,7-13)10-17/h11-14,22H,4-10H2,1-3H3,(H,19,20)/t12-,13-,14+,17?,18?/m1/s1. The average molecular weight is 323 g/mol. The SMILES string of the molecule is CC(C)CNC(=O)[C@@H](C)OC(=O)C12C[C@@H]3C[C@@H](CC(O)(C3)C1)C2. The molecule has 5 nitrogen and oxygen atoms in total. The zero-order valence-corrected chi connectivity index (χ0v) is 14.4. The van der Waals surface area contributed by atoms with Crippen molar-refractivity contribution in [2.45, 2.75) is 71.0 Å². The molecule has 0 aromatic carbocycles. The van der Waals surface area contributed by atoms with E-state index in [1.54, 1.807) is 6.92 Å². The van der Waals surface area contributed by atoms with E-state index in [0.29, 0.717) is 30.7 Å². The summed E-state index contributed by atoms with van der Waals surface area (Å²) >= 11 is 0. The minimum atomic E-state index is -0.774. The van der Waals surface area contributed by atoms with Gasteiger partial charge in [0.1, 0.15) is 0 Å². The topological polar surface area (TPSA) is 75.6 Å². The van der Waals surface area contributed by atoms with Crippen LogP contribution in [0.15, 0.2) is 0 Å². The highest BCUT2D eigenvalue weighted by Crippen LogP contribution is 2.62. The molecule has 0 aromatic heterocycles. The number of hydrogen-bond donors (Lipinski definition) is 2. The van der Waals surface area contributed by atoms with Gasteiger partial charge in [-0.15, -0.1) is 0 Å². The van der Waals surface area contributed by atoms with Crippen LogP contribution in [-0.2, 0) is 14.3 Å². The smallest absolute Gasteiger partial charge is 0.312 e. The van der Waals surface area contributed by atoms with Crippen molar-refractivity contribution >= 4 is 11.9 Å². The first kappa shape index (κ1) is 16.7. The zero-order chi connectivity index (χ0) is 16.8. The monoisotopic (exact) mass is 323 g/mol. The molecule has 0 aliphatic heterocycles. The average Bonchev–Trinajstić information content (AvgIpc) is 2.41. The fourth-order valence-electron chi connectivity index (χ4n) is 5.24. The van der Waals surface area contributed by atoms with Crippen LogP contribution in [0.3, 0.4) is 0 Å². The number of rotatable bonds is 5. The lowest BCUT2D eigenvalue weighted by atomic mass is 9.48. The Bertz CT molecular complexity index is 487. The number of ether oxygens (including phenoxy) is 1. The van der Waals surface area contributed by atoms with Gasteiger partial charge in [-0.3, -0.25) is 9.59 Å². The summed E-state index contributed by atoms with van der Waals surface area (Å²) in [6.45, 7) is 6.25. The van der Waals surface area contributed by atoms with Gasteiger partial charge in [0, 0.05) is 6.54 Å². The Kier molecular flexibility index (Phi) is 4.20. The highest BCUT2D eigenvalue weighted by molar-refractivity contribution is 5.85. The van der Waals surface area contributed by atoms with Crippen LogP contribution in [0.25, 0.3) is 0 Å². The van der Waals surface area contributed by atoms with Crippen LogP contribution in [0.2, 0.25) is 0 Å². The van der Waals surface area contributed by atoms with Crippen LogP contribution in [0.4, 0.5) is 0 Å². The van der Waals surface area contributed by atoms with Gasteiger partial charge >= 0.3 is 5.97 Å². The second-order valence-electron chi connectivity index (χ2n) is 8.65. The van der Waals surface area contributed by atoms with E-state index in [1.165, 1.54) is 0 Å². The summed E-state index contributed by atoms with van der Waals surface area (Å²) < 4.78 is 5.51. The van der Waals surface area contributed by atoms with Crippen LogP contribution >= 0.6 is 0 Å². The van der Waals surface area contributed by atoms with E-state index < -0.39 is 17.1 Å². The Morgan fingerprint density at radius 3 is 2.30 bits per heavy atom. The summed E-state index contributed by atoms with van der Waals surface area (Å²) in [4.78, 5) is 24.8. The normalized spacial score (nSPS) is 39.3. The van der Waals surface area contributed by atoms with E-state index in [9.17, 15) is 14.7 Å². The number of esters is 1. The Balaban J connectivity index is 1.63. The van der Waals surface area contributed by atoms with Gasteiger partial charge in [-0.1, -0.05) is 13.8 Å². The lowest BCUT2D eigenvalue weighted by molar-refractivity contribution is -0.200. The summed E-state index contributed by atoms with van der Waals surface area (Å²) in [5, 5.41) is 13.5. The summed E-state index contributed by atoms with van der Waals surface area (Å²) in [7, 11) is 0. The molecule has 2 N–H and O–H groups in total. The number of amides is 1. The van der Waals surface area contributed by atoms with Gasteiger partial charge in [-0.2, -0.15) is 0 Å². The van der Waals surface area contributed by atoms with E-state index >= 15 is 0 Å². The Labute approximate surface area is 138 Å². The van der Waals surface area contributed by atoms with Gasteiger partial charge in [0.25, 0.3) is 5.91 Å². The van der Waals surface area contributed by atoms with Gasteiger partial charge < -0.3 is 15.2 Å². The molecule has 4 aliphatic carbocycles. The van der Waals surface area contributed by atoms with Crippen molar-refractivity contribution < 1.29 is 19.4 Å². The van der Waals surface area contributed by atoms with Gasteiger partial charge in [0.15, 0.2) is 6.10 Å². The summed E-state index contributed by atoms with van der Waals surface area (Å²) in [6, 6.07) is 0. The highest BCUT2D eigenvalue weighted by atomic mass is 16.5. The molecule has 4 fully saturated rings. The molecule has 5 heteroatoms. The van der Waals surface area contributed by atoms with Crippen molar-refractivity contribution in [3.05, 3.63) is 0 Å². The molecule has 1 amide bonds. The molecule has 0 saturated heterocycles. The lowest BCUT2D eigenvalue weighted by Crippen LogP contribution is -2.59. The van der Waals surface area contributed by atoms with Crippen LogP contribution in [0.1, 0.15) is 59.3 Å². The van der Waals surface area contributed by atoms with Crippen LogP contribution in [0, 0.1) is 23.2 Å². The van der Waals surface area contributed by atoms with E-state index in [2.05, 4.69) is 5.32 Å². The summed E-state index contributed by atoms with van der Waals surface area (Å²) in [5.74, 6) is 0.699. The maximum atomic E-state index is 12.8. The fraction of sp³-hybridized carbons (Fsp3) is 0.889. The number of nitrogens with one attached hydrogen (secondary N) is 1.